The highest BCUT2D eigenvalue weighted by atomic mass is 16.7. The molecular weight excluding hydrogens is 674 g/mol. The van der Waals surface area contributed by atoms with Crippen LogP contribution in [0.15, 0.2) is 72.8 Å². The molecule has 4 N–H and O–H groups in total. The molecule has 0 bridgehead atoms. The zero-order chi connectivity index (χ0) is 37.5. The summed E-state index contributed by atoms with van der Waals surface area (Å²) in [5, 5.41) is 31.2. The largest absolute Gasteiger partial charge is 0.478 e. The fourth-order valence-electron chi connectivity index (χ4n) is 6.41. The zero-order valence-corrected chi connectivity index (χ0v) is 28.8. The lowest BCUT2D eigenvalue weighted by Crippen LogP contribution is -2.51. The Morgan fingerprint density at radius 3 is 1.54 bits per heavy atom. The highest BCUT2D eigenvalue weighted by Gasteiger charge is 2.48. The van der Waals surface area contributed by atoms with Crippen LogP contribution in [0.1, 0.15) is 47.9 Å². The van der Waals surface area contributed by atoms with Crippen molar-refractivity contribution in [2.45, 2.75) is 37.6 Å². The maximum absolute atomic E-state index is 12.8. The molecule has 3 heterocycles. The number of carbonyl (C=O) groups excluding carboxylic acids is 1. The fraction of sp³-hybridized carbons (Fsp3) is 0.395. The van der Waals surface area contributed by atoms with E-state index < -0.39 is 29.7 Å². The topological polar surface area (TPSA) is 194 Å². The molecule has 14 heteroatoms. The highest BCUT2D eigenvalue weighted by molar-refractivity contribution is 5.90. The molecule has 278 valence electrons. The minimum Gasteiger partial charge on any atom is -0.478 e. The molecule has 1 amide bonds. The quantitative estimate of drug-likeness (QED) is 0.291. The van der Waals surface area contributed by atoms with Gasteiger partial charge in [-0.15, -0.1) is 0 Å². The van der Waals surface area contributed by atoms with Gasteiger partial charge in [0.15, 0.2) is 0 Å². The van der Waals surface area contributed by atoms with E-state index in [9.17, 15) is 24.0 Å². The summed E-state index contributed by atoms with van der Waals surface area (Å²) < 4.78 is 13.4. The maximum atomic E-state index is 12.8. The Bertz CT molecular complexity index is 1540. The van der Waals surface area contributed by atoms with Crippen LogP contribution in [0.25, 0.3) is 12.2 Å². The lowest BCUT2D eigenvalue weighted by Gasteiger charge is -2.36. The first-order valence-corrected chi connectivity index (χ1v) is 17.2. The van der Waals surface area contributed by atoms with E-state index in [2.05, 4.69) is 75.4 Å². The normalized spacial score (nSPS) is 19.7. The number of benzene rings is 2. The fourth-order valence-corrected chi connectivity index (χ4v) is 6.41. The summed E-state index contributed by atoms with van der Waals surface area (Å²) in [5.74, 6) is -5.60. The van der Waals surface area contributed by atoms with E-state index in [1.165, 1.54) is 12.8 Å². The number of likely N-dealkylation sites (tertiary alicyclic amines) is 1. The van der Waals surface area contributed by atoms with Crippen LogP contribution in [0.2, 0.25) is 0 Å². The number of carbonyl (C=O) groups is 5. The number of hydrogen-bond acceptors (Lipinski definition) is 9. The Kier molecular flexibility index (Phi) is 14.8. The first-order valence-electron chi connectivity index (χ1n) is 17.2. The van der Waals surface area contributed by atoms with E-state index >= 15 is 0 Å². The predicted molar refractivity (Wildman–Crippen MR) is 190 cm³/mol. The number of carboxylic acids is 4. The smallest absolute Gasteiger partial charge is 0.328 e. The second-order valence-electron chi connectivity index (χ2n) is 12.6. The van der Waals surface area contributed by atoms with Gasteiger partial charge in [-0.05, 0) is 24.0 Å². The molecule has 1 spiro atoms. The van der Waals surface area contributed by atoms with Gasteiger partial charge in [0.2, 0.25) is 11.7 Å². The lowest BCUT2D eigenvalue weighted by molar-refractivity contribution is -0.145. The van der Waals surface area contributed by atoms with Gasteiger partial charge in [-0.3, -0.25) is 14.6 Å². The highest BCUT2D eigenvalue weighted by Crippen LogP contribution is 2.45. The second kappa shape index (κ2) is 19.5. The van der Waals surface area contributed by atoms with Gasteiger partial charge in [0.1, 0.15) is 0 Å². The third-order valence-electron chi connectivity index (χ3n) is 8.86. The predicted octanol–water partition coefficient (Wildman–Crippen LogP) is 3.23. The molecule has 2 aromatic carbocycles. The Morgan fingerprint density at radius 1 is 0.635 bits per heavy atom. The number of amides is 1. The van der Waals surface area contributed by atoms with Crippen molar-refractivity contribution in [3.8, 4) is 0 Å². The van der Waals surface area contributed by atoms with Crippen molar-refractivity contribution in [1.29, 1.82) is 0 Å². The summed E-state index contributed by atoms with van der Waals surface area (Å²) in [6.45, 7) is 7.58. The van der Waals surface area contributed by atoms with E-state index in [0.29, 0.717) is 43.4 Å². The minimum atomic E-state index is -1.26. The maximum Gasteiger partial charge on any atom is 0.328 e. The number of nitrogens with zero attached hydrogens (tertiary/aromatic N) is 3. The molecule has 1 unspecified atom stereocenters. The van der Waals surface area contributed by atoms with Crippen LogP contribution in [-0.4, -0.2) is 130 Å². The van der Waals surface area contributed by atoms with Crippen molar-refractivity contribution in [3.63, 3.8) is 0 Å². The van der Waals surface area contributed by atoms with E-state index in [1.807, 2.05) is 0 Å². The average Bonchev–Trinajstić information content (AvgIpc) is 3.28. The Hall–Kier alpha value is -5.15. The number of hydrogen-bond donors (Lipinski definition) is 4. The van der Waals surface area contributed by atoms with Gasteiger partial charge < -0.3 is 34.8 Å². The molecule has 0 saturated carbocycles. The monoisotopic (exact) mass is 719 g/mol. The summed E-state index contributed by atoms with van der Waals surface area (Å²) in [6, 6.07) is 16.8. The number of ether oxygens (including phenoxy) is 2. The van der Waals surface area contributed by atoms with E-state index in [0.717, 1.165) is 80.9 Å². The van der Waals surface area contributed by atoms with Crippen LogP contribution in [0.4, 0.5) is 0 Å². The first kappa shape index (κ1) is 39.6. The van der Waals surface area contributed by atoms with Crippen molar-refractivity contribution in [1.82, 2.24) is 14.7 Å². The summed E-state index contributed by atoms with van der Waals surface area (Å²) in [4.78, 5) is 57.9. The lowest BCUT2D eigenvalue weighted by atomic mass is 9.93. The van der Waals surface area contributed by atoms with E-state index in [1.54, 1.807) is 0 Å². The van der Waals surface area contributed by atoms with E-state index in [-0.39, 0.29) is 6.10 Å². The molecule has 52 heavy (non-hydrogen) atoms. The molecule has 2 aromatic rings. The number of piperazine rings is 1. The summed E-state index contributed by atoms with van der Waals surface area (Å²) in [7, 11) is 0. The number of aliphatic carboxylic acids is 4. The Labute approximate surface area is 301 Å². The van der Waals surface area contributed by atoms with Crippen LogP contribution < -0.4 is 0 Å². The van der Waals surface area contributed by atoms with Crippen LogP contribution in [0.3, 0.4) is 0 Å². The molecule has 3 saturated heterocycles. The molecule has 6 rings (SSSR count). The molecule has 1 atom stereocenters. The summed E-state index contributed by atoms with van der Waals surface area (Å²) >= 11 is 0. The summed E-state index contributed by atoms with van der Waals surface area (Å²) in [6.07, 6.45) is 11.4. The van der Waals surface area contributed by atoms with Gasteiger partial charge in [-0.25, -0.2) is 19.2 Å². The van der Waals surface area contributed by atoms with Crippen LogP contribution >= 0.6 is 0 Å². The van der Waals surface area contributed by atoms with Crippen LogP contribution in [-0.2, 0) is 39.2 Å². The van der Waals surface area contributed by atoms with Gasteiger partial charge >= 0.3 is 23.9 Å². The minimum absolute atomic E-state index is 0.00510. The van der Waals surface area contributed by atoms with Gasteiger partial charge in [-0.2, -0.15) is 0 Å². The van der Waals surface area contributed by atoms with Crippen molar-refractivity contribution in [2.75, 3.05) is 59.0 Å². The number of carboxylic acid groups (broad SMARTS) is 4. The van der Waals surface area contributed by atoms with Crippen LogP contribution in [0.5, 0.6) is 0 Å². The SMILES string of the molecule is O=C(CN1CCN(CC2COC3(O2)c2ccccc2C=Cc2ccccc23)CC1)N1CCCCCC1.O=C(O)/C=C/C(=O)O.O=C(O)/C=C/C(=O)O. The van der Waals surface area contributed by atoms with Crippen LogP contribution in [0, 0.1) is 0 Å². The van der Waals surface area contributed by atoms with Crippen molar-refractivity contribution in [3.05, 3.63) is 95.1 Å². The third-order valence-corrected chi connectivity index (χ3v) is 8.86. The molecule has 3 aliphatic heterocycles. The molecule has 14 nitrogen and oxygen atoms in total. The molecule has 4 aliphatic rings. The Balaban J connectivity index is 0.000000317. The van der Waals surface area contributed by atoms with Gasteiger partial charge in [0, 0.05) is 81.2 Å². The number of fused-ring (bicyclic) bond motifs is 4. The third kappa shape index (κ3) is 11.7. The average molecular weight is 720 g/mol. The molecule has 1 aliphatic carbocycles. The van der Waals surface area contributed by atoms with E-state index in [4.69, 9.17) is 29.9 Å². The van der Waals surface area contributed by atoms with Gasteiger partial charge in [0.05, 0.1) is 19.3 Å². The van der Waals surface area contributed by atoms with Crippen molar-refractivity contribution in [2.24, 2.45) is 0 Å². The first-order chi connectivity index (χ1) is 25.0. The molecule has 0 radical (unpaired) electrons. The van der Waals surface area contributed by atoms with Gasteiger partial charge in [0.25, 0.3) is 0 Å². The zero-order valence-electron chi connectivity index (χ0n) is 28.8. The van der Waals surface area contributed by atoms with Gasteiger partial charge in [-0.1, -0.05) is 73.5 Å². The molecular formula is C38H45N3O11. The molecule has 3 fully saturated rings. The standard InChI is InChI=1S/C30H37N3O3.2C4H4O4/c34-29(33-15-7-1-2-8-16-33)22-32-19-17-31(18-20-32)21-26-23-35-30(36-26)27-11-5-3-9-24(27)13-14-25-10-4-6-12-28(25)30;2*5-3(6)1-2-4(7)8/h3-6,9-14,26H,1-2,7-8,15-23H2;2*1-2H,(H,5,6)(H,7,8)/b;2*2-1+. The second-order valence-corrected chi connectivity index (χ2v) is 12.6. The Morgan fingerprint density at radius 2 is 1.08 bits per heavy atom. The van der Waals surface area contributed by atoms with Crippen molar-refractivity contribution < 1.29 is 53.9 Å². The van der Waals surface area contributed by atoms with Crippen molar-refractivity contribution >= 4 is 41.9 Å². The molecule has 0 aromatic heterocycles. The number of rotatable bonds is 8. The summed E-state index contributed by atoms with van der Waals surface area (Å²) in [5.41, 5.74) is 4.42.